The van der Waals surface area contributed by atoms with E-state index in [-0.39, 0.29) is 22.8 Å². The van der Waals surface area contributed by atoms with Crippen LogP contribution in [0.2, 0.25) is 0 Å². The van der Waals surface area contributed by atoms with Crippen LogP contribution in [0.3, 0.4) is 0 Å². The lowest BCUT2D eigenvalue weighted by Crippen LogP contribution is -2.24. The van der Waals surface area contributed by atoms with Crippen molar-refractivity contribution < 1.29 is 27.4 Å². The molecule has 0 fully saturated rings. The molecule has 0 radical (unpaired) electrons. The van der Waals surface area contributed by atoms with E-state index < -0.39 is 16.0 Å². The smallest absolute Gasteiger partial charge is 0.335 e. The second-order valence-corrected chi connectivity index (χ2v) is 9.71. The summed E-state index contributed by atoms with van der Waals surface area (Å²) in [6, 6.07) is 16.5. The SMILES string of the molecule is CCN(Sc1ccc(Oc2ccc(F)cc2)cc1)S(=O)(=O)c1ccc(C)c(C(=O)O)c1. The molecule has 0 amide bonds. The number of hydrogen-bond acceptors (Lipinski definition) is 5. The second kappa shape index (κ2) is 9.51. The summed E-state index contributed by atoms with van der Waals surface area (Å²) in [5, 5.41) is 9.29. The Morgan fingerprint density at radius 3 is 2.16 bits per heavy atom. The van der Waals surface area contributed by atoms with E-state index in [2.05, 4.69) is 0 Å². The molecule has 0 aliphatic rings. The number of halogens is 1. The molecule has 3 aromatic carbocycles. The van der Waals surface area contributed by atoms with Crippen LogP contribution in [0.4, 0.5) is 4.39 Å². The van der Waals surface area contributed by atoms with Crippen molar-refractivity contribution in [2.45, 2.75) is 23.6 Å². The Hall–Kier alpha value is -2.88. The molecule has 0 spiro atoms. The molecule has 0 saturated carbocycles. The first kappa shape index (κ1) is 22.8. The number of hydrogen-bond donors (Lipinski definition) is 1. The normalized spacial score (nSPS) is 11.5. The zero-order valence-corrected chi connectivity index (χ0v) is 18.4. The monoisotopic (exact) mass is 461 g/mol. The highest BCUT2D eigenvalue weighted by Crippen LogP contribution is 2.32. The maximum atomic E-state index is 13.0. The number of sulfonamides is 1. The van der Waals surface area contributed by atoms with Gasteiger partial charge < -0.3 is 9.84 Å². The molecule has 0 aliphatic heterocycles. The van der Waals surface area contributed by atoms with Crippen molar-refractivity contribution in [3.63, 3.8) is 0 Å². The van der Waals surface area contributed by atoms with Crippen LogP contribution in [0.25, 0.3) is 0 Å². The van der Waals surface area contributed by atoms with E-state index in [4.69, 9.17) is 4.74 Å². The molecule has 9 heteroatoms. The predicted octanol–water partition coefficient (Wildman–Crippen LogP) is 5.34. The molecular formula is C22H20FNO5S2. The molecule has 3 aromatic rings. The van der Waals surface area contributed by atoms with Gasteiger partial charge in [0.05, 0.1) is 10.5 Å². The first-order valence-electron chi connectivity index (χ1n) is 9.29. The molecule has 0 bridgehead atoms. The lowest BCUT2D eigenvalue weighted by molar-refractivity contribution is 0.0696. The highest BCUT2D eigenvalue weighted by atomic mass is 32.3. The van der Waals surface area contributed by atoms with Crippen LogP contribution < -0.4 is 4.74 Å². The maximum Gasteiger partial charge on any atom is 0.335 e. The Bertz CT molecular complexity index is 1180. The zero-order valence-electron chi connectivity index (χ0n) is 16.8. The topological polar surface area (TPSA) is 83.9 Å². The molecule has 0 unspecified atom stereocenters. The van der Waals surface area contributed by atoms with Gasteiger partial charge in [-0.1, -0.05) is 13.0 Å². The van der Waals surface area contributed by atoms with Crippen molar-refractivity contribution in [1.82, 2.24) is 3.71 Å². The van der Waals surface area contributed by atoms with E-state index in [0.29, 0.717) is 22.0 Å². The van der Waals surface area contributed by atoms with Crippen LogP contribution in [-0.2, 0) is 10.0 Å². The first-order valence-corrected chi connectivity index (χ1v) is 11.5. The second-order valence-electron chi connectivity index (χ2n) is 6.52. The molecule has 1 N–H and O–H groups in total. The molecule has 6 nitrogen and oxygen atoms in total. The fourth-order valence-corrected chi connectivity index (χ4v) is 5.33. The molecule has 0 aromatic heterocycles. The largest absolute Gasteiger partial charge is 0.478 e. The van der Waals surface area contributed by atoms with Gasteiger partial charge in [0, 0.05) is 11.4 Å². The Balaban J connectivity index is 1.77. The van der Waals surface area contributed by atoms with E-state index in [1.165, 1.54) is 46.2 Å². The summed E-state index contributed by atoms with van der Waals surface area (Å²) in [5.41, 5.74) is 0.434. The van der Waals surface area contributed by atoms with Gasteiger partial charge in [0.15, 0.2) is 0 Å². The van der Waals surface area contributed by atoms with E-state index in [1.807, 2.05) is 0 Å². The van der Waals surface area contributed by atoms with Crippen LogP contribution in [-0.4, -0.2) is 29.7 Å². The average molecular weight is 462 g/mol. The molecule has 0 heterocycles. The van der Waals surface area contributed by atoms with E-state index in [1.54, 1.807) is 38.1 Å². The Kier molecular flexibility index (Phi) is 6.99. The Morgan fingerprint density at radius 2 is 1.61 bits per heavy atom. The number of ether oxygens (including phenoxy) is 1. The molecule has 31 heavy (non-hydrogen) atoms. The van der Waals surface area contributed by atoms with Crippen LogP contribution in [0.1, 0.15) is 22.8 Å². The fraction of sp³-hybridized carbons (Fsp3) is 0.136. The zero-order chi connectivity index (χ0) is 22.6. The Morgan fingerprint density at radius 1 is 1.03 bits per heavy atom. The number of aromatic carboxylic acids is 1. The van der Waals surface area contributed by atoms with Crippen LogP contribution >= 0.6 is 11.9 Å². The van der Waals surface area contributed by atoms with Gasteiger partial charge in [0.2, 0.25) is 0 Å². The number of benzene rings is 3. The van der Waals surface area contributed by atoms with Gasteiger partial charge in [-0.05, 0) is 85.1 Å². The molecular weight excluding hydrogens is 441 g/mol. The minimum absolute atomic E-state index is 0.0515. The number of carboxylic acid groups (broad SMARTS) is 1. The summed E-state index contributed by atoms with van der Waals surface area (Å²) in [5.74, 6) is -0.536. The molecule has 162 valence electrons. The lowest BCUT2D eigenvalue weighted by Gasteiger charge is -2.20. The number of carboxylic acids is 1. The summed E-state index contributed by atoms with van der Waals surface area (Å²) < 4.78 is 45.9. The minimum atomic E-state index is -3.92. The van der Waals surface area contributed by atoms with Gasteiger partial charge in [-0.25, -0.2) is 17.6 Å². The number of carbonyl (C=O) groups is 1. The summed E-state index contributed by atoms with van der Waals surface area (Å²) in [4.78, 5) is 11.9. The van der Waals surface area contributed by atoms with Gasteiger partial charge in [0.1, 0.15) is 17.3 Å². The Labute approximate surface area is 184 Å². The number of rotatable bonds is 8. The third-order valence-corrected chi connectivity index (χ3v) is 7.75. The van der Waals surface area contributed by atoms with E-state index in [0.717, 1.165) is 11.9 Å². The molecule has 0 aliphatic carbocycles. The highest BCUT2D eigenvalue weighted by Gasteiger charge is 2.26. The average Bonchev–Trinajstić information content (AvgIpc) is 2.74. The predicted molar refractivity (Wildman–Crippen MR) is 116 cm³/mol. The van der Waals surface area contributed by atoms with Crippen LogP contribution in [0.5, 0.6) is 11.5 Å². The standard InChI is InChI=1S/C22H20FNO5S2/c1-3-24(31(27,28)20-13-4-15(2)21(14-20)22(25)26)30-19-11-9-18(10-12-19)29-17-7-5-16(23)6-8-17/h4-14H,3H2,1-2H3,(H,25,26). The third-order valence-electron chi connectivity index (χ3n) is 4.34. The van der Waals surface area contributed by atoms with Crippen molar-refractivity contribution in [1.29, 1.82) is 0 Å². The van der Waals surface area contributed by atoms with Gasteiger partial charge in [-0.15, -0.1) is 3.71 Å². The van der Waals surface area contributed by atoms with Gasteiger partial charge in [-0.3, -0.25) is 0 Å². The number of nitrogens with zero attached hydrogens (tertiary/aromatic N) is 1. The molecule has 3 rings (SSSR count). The summed E-state index contributed by atoms with van der Waals surface area (Å²) in [6.07, 6.45) is 0. The van der Waals surface area contributed by atoms with Gasteiger partial charge in [0.25, 0.3) is 10.0 Å². The lowest BCUT2D eigenvalue weighted by atomic mass is 10.1. The van der Waals surface area contributed by atoms with Crippen molar-refractivity contribution in [3.8, 4) is 11.5 Å². The van der Waals surface area contributed by atoms with Crippen molar-refractivity contribution in [3.05, 3.63) is 83.7 Å². The first-order chi connectivity index (χ1) is 14.7. The minimum Gasteiger partial charge on any atom is -0.478 e. The quantitative estimate of drug-likeness (QED) is 0.456. The van der Waals surface area contributed by atoms with Crippen molar-refractivity contribution >= 4 is 27.9 Å². The fourth-order valence-electron chi connectivity index (χ4n) is 2.72. The van der Waals surface area contributed by atoms with Crippen molar-refractivity contribution in [2.24, 2.45) is 0 Å². The summed E-state index contributed by atoms with van der Waals surface area (Å²) >= 11 is 1.02. The van der Waals surface area contributed by atoms with Crippen LogP contribution in [0, 0.1) is 12.7 Å². The van der Waals surface area contributed by atoms with E-state index in [9.17, 15) is 22.7 Å². The molecule has 0 atom stereocenters. The van der Waals surface area contributed by atoms with E-state index >= 15 is 0 Å². The highest BCUT2D eigenvalue weighted by molar-refractivity contribution is 8.08. The summed E-state index contributed by atoms with van der Waals surface area (Å²) in [7, 11) is -3.92. The third kappa shape index (κ3) is 5.43. The number of aryl methyl sites for hydroxylation is 1. The summed E-state index contributed by atoms with van der Waals surface area (Å²) in [6.45, 7) is 3.49. The maximum absolute atomic E-state index is 13.0. The van der Waals surface area contributed by atoms with Gasteiger partial charge >= 0.3 is 5.97 Å². The van der Waals surface area contributed by atoms with Crippen LogP contribution in [0.15, 0.2) is 76.5 Å². The van der Waals surface area contributed by atoms with Gasteiger partial charge in [-0.2, -0.15) is 0 Å². The van der Waals surface area contributed by atoms with Crippen molar-refractivity contribution in [2.75, 3.05) is 6.54 Å². The molecule has 0 saturated heterocycles.